The monoisotopic (exact) mass is 252 g/mol. The fraction of sp³-hybridized carbons (Fsp3) is 0.462. The van der Waals surface area contributed by atoms with Crippen molar-refractivity contribution in [1.29, 1.82) is 0 Å². The first-order chi connectivity index (χ1) is 8.71. The van der Waals surface area contributed by atoms with Crippen LogP contribution in [-0.4, -0.2) is 26.7 Å². The Kier molecular flexibility index (Phi) is 6.00. The van der Waals surface area contributed by atoms with Crippen molar-refractivity contribution in [2.75, 3.05) is 26.1 Å². The molecular formula is C13H20N2O3. The largest absolute Gasteiger partial charge is 0.497 e. The SMILES string of the molecule is COc1ccc(OC)c(NC(=O)CCCCN)c1. The third-order valence-electron chi connectivity index (χ3n) is 2.54. The van der Waals surface area contributed by atoms with Gasteiger partial charge in [0.15, 0.2) is 0 Å². The standard InChI is InChI=1S/C13H20N2O3/c1-17-10-6-7-12(18-2)11(9-10)15-13(16)5-3-4-8-14/h6-7,9H,3-5,8,14H2,1-2H3,(H,15,16). The fourth-order valence-electron chi connectivity index (χ4n) is 1.55. The number of carbonyl (C=O) groups is 1. The number of hydrogen-bond acceptors (Lipinski definition) is 4. The quantitative estimate of drug-likeness (QED) is 0.725. The molecule has 1 aromatic carbocycles. The highest BCUT2D eigenvalue weighted by molar-refractivity contribution is 5.92. The summed E-state index contributed by atoms with van der Waals surface area (Å²) in [5.74, 6) is 1.24. The number of hydrogen-bond donors (Lipinski definition) is 2. The van der Waals surface area contributed by atoms with E-state index in [1.807, 2.05) is 0 Å². The molecule has 0 fully saturated rings. The van der Waals surface area contributed by atoms with Gasteiger partial charge in [0.25, 0.3) is 0 Å². The molecular weight excluding hydrogens is 232 g/mol. The Labute approximate surface area is 107 Å². The van der Waals surface area contributed by atoms with Crippen LogP contribution in [0, 0.1) is 0 Å². The van der Waals surface area contributed by atoms with E-state index in [2.05, 4.69) is 5.32 Å². The second-order valence-electron chi connectivity index (χ2n) is 3.86. The topological polar surface area (TPSA) is 73.6 Å². The molecule has 0 unspecified atom stereocenters. The van der Waals surface area contributed by atoms with Crippen molar-refractivity contribution in [3.8, 4) is 11.5 Å². The number of anilines is 1. The smallest absolute Gasteiger partial charge is 0.224 e. The zero-order chi connectivity index (χ0) is 13.4. The Morgan fingerprint density at radius 2 is 2.06 bits per heavy atom. The molecule has 0 aromatic heterocycles. The second-order valence-corrected chi connectivity index (χ2v) is 3.86. The summed E-state index contributed by atoms with van der Waals surface area (Å²) in [4.78, 5) is 11.7. The van der Waals surface area contributed by atoms with Gasteiger partial charge in [0.05, 0.1) is 19.9 Å². The van der Waals surface area contributed by atoms with Crippen molar-refractivity contribution >= 4 is 11.6 Å². The molecule has 0 heterocycles. The van der Waals surface area contributed by atoms with Gasteiger partial charge < -0.3 is 20.5 Å². The van der Waals surface area contributed by atoms with E-state index < -0.39 is 0 Å². The number of amides is 1. The lowest BCUT2D eigenvalue weighted by Crippen LogP contribution is -2.12. The van der Waals surface area contributed by atoms with Gasteiger partial charge in [-0.2, -0.15) is 0 Å². The lowest BCUT2D eigenvalue weighted by atomic mass is 10.2. The molecule has 1 amide bonds. The van der Waals surface area contributed by atoms with Crippen molar-refractivity contribution in [3.63, 3.8) is 0 Å². The minimum atomic E-state index is -0.0463. The van der Waals surface area contributed by atoms with Gasteiger partial charge in [-0.25, -0.2) is 0 Å². The van der Waals surface area contributed by atoms with Crippen molar-refractivity contribution in [1.82, 2.24) is 0 Å². The Balaban J connectivity index is 2.66. The molecule has 1 rings (SSSR count). The molecule has 0 saturated carbocycles. The number of carbonyl (C=O) groups excluding carboxylic acids is 1. The highest BCUT2D eigenvalue weighted by Gasteiger charge is 2.08. The van der Waals surface area contributed by atoms with Gasteiger partial charge in [-0.3, -0.25) is 4.79 Å². The fourth-order valence-corrected chi connectivity index (χ4v) is 1.55. The molecule has 100 valence electrons. The third-order valence-corrected chi connectivity index (χ3v) is 2.54. The summed E-state index contributed by atoms with van der Waals surface area (Å²) < 4.78 is 10.3. The van der Waals surface area contributed by atoms with Gasteiger partial charge in [-0.1, -0.05) is 0 Å². The number of ether oxygens (including phenoxy) is 2. The maximum Gasteiger partial charge on any atom is 0.224 e. The first kappa shape index (κ1) is 14.3. The lowest BCUT2D eigenvalue weighted by Gasteiger charge is -2.11. The molecule has 0 aliphatic rings. The van der Waals surface area contributed by atoms with Crippen LogP contribution < -0.4 is 20.5 Å². The van der Waals surface area contributed by atoms with Crippen molar-refractivity contribution in [2.45, 2.75) is 19.3 Å². The Morgan fingerprint density at radius 1 is 1.28 bits per heavy atom. The molecule has 18 heavy (non-hydrogen) atoms. The van der Waals surface area contributed by atoms with E-state index in [0.717, 1.165) is 12.8 Å². The van der Waals surface area contributed by atoms with Gasteiger partial charge in [-0.05, 0) is 31.5 Å². The van der Waals surface area contributed by atoms with Crippen LogP contribution in [-0.2, 0) is 4.79 Å². The van der Waals surface area contributed by atoms with Crippen LogP contribution >= 0.6 is 0 Å². The van der Waals surface area contributed by atoms with Gasteiger partial charge in [0, 0.05) is 12.5 Å². The number of nitrogens with one attached hydrogen (secondary N) is 1. The summed E-state index contributed by atoms with van der Waals surface area (Å²) in [6.07, 6.45) is 2.09. The van der Waals surface area contributed by atoms with E-state index in [4.69, 9.17) is 15.2 Å². The predicted octanol–water partition coefficient (Wildman–Crippen LogP) is 1.77. The van der Waals surface area contributed by atoms with Crippen molar-refractivity contribution in [3.05, 3.63) is 18.2 Å². The average molecular weight is 252 g/mol. The molecule has 0 bridgehead atoms. The number of unbranched alkanes of at least 4 members (excludes halogenated alkanes) is 1. The van der Waals surface area contributed by atoms with Crippen LogP contribution in [0.5, 0.6) is 11.5 Å². The molecule has 5 heteroatoms. The molecule has 0 saturated heterocycles. The van der Waals surface area contributed by atoms with E-state index in [1.54, 1.807) is 32.4 Å². The van der Waals surface area contributed by atoms with Gasteiger partial charge in [0.1, 0.15) is 11.5 Å². The van der Waals surface area contributed by atoms with Crippen molar-refractivity contribution < 1.29 is 14.3 Å². The van der Waals surface area contributed by atoms with E-state index >= 15 is 0 Å². The summed E-state index contributed by atoms with van der Waals surface area (Å²) in [6, 6.07) is 5.27. The lowest BCUT2D eigenvalue weighted by molar-refractivity contribution is -0.116. The van der Waals surface area contributed by atoms with Crippen LogP contribution in [0.2, 0.25) is 0 Å². The Bertz CT molecular complexity index is 394. The zero-order valence-electron chi connectivity index (χ0n) is 10.9. The van der Waals surface area contributed by atoms with Crippen molar-refractivity contribution in [2.24, 2.45) is 5.73 Å². The second kappa shape index (κ2) is 7.55. The molecule has 3 N–H and O–H groups in total. The van der Waals surface area contributed by atoms with Crippen LogP contribution in [0.1, 0.15) is 19.3 Å². The summed E-state index contributed by atoms with van der Waals surface area (Å²) in [6.45, 7) is 0.607. The number of benzene rings is 1. The van der Waals surface area contributed by atoms with Crippen LogP contribution in [0.25, 0.3) is 0 Å². The number of methoxy groups -OCH3 is 2. The average Bonchev–Trinajstić information content (AvgIpc) is 2.39. The van der Waals surface area contributed by atoms with E-state index in [0.29, 0.717) is 30.2 Å². The van der Waals surface area contributed by atoms with Crippen LogP contribution in [0.4, 0.5) is 5.69 Å². The molecule has 0 radical (unpaired) electrons. The Hall–Kier alpha value is -1.75. The maximum absolute atomic E-state index is 11.7. The molecule has 0 aliphatic heterocycles. The highest BCUT2D eigenvalue weighted by atomic mass is 16.5. The number of nitrogens with two attached hydrogens (primary N) is 1. The molecule has 0 atom stereocenters. The minimum Gasteiger partial charge on any atom is -0.497 e. The third kappa shape index (κ3) is 4.25. The first-order valence-corrected chi connectivity index (χ1v) is 5.93. The Morgan fingerprint density at radius 3 is 2.67 bits per heavy atom. The molecule has 0 spiro atoms. The van der Waals surface area contributed by atoms with Gasteiger partial charge in [0.2, 0.25) is 5.91 Å². The summed E-state index contributed by atoms with van der Waals surface area (Å²) >= 11 is 0. The minimum absolute atomic E-state index is 0.0463. The van der Waals surface area contributed by atoms with E-state index in [9.17, 15) is 4.79 Å². The summed E-state index contributed by atoms with van der Waals surface area (Å²) in [5.41, 5.74) is 6.00. The van der Waals surface area contributed by atoms with Crippen LogP contribution in [0.15, 0.2) is 18.2 Å². The highest BCUT2D eigenvalue weighted by Crippen LogP contribution is 2.28. The maximum atomic E-state index is 11.7. The normalized spacial score (nSPS) is 9.94. The summed E-state index contributed by atoms with van der Waals surface area (Å²) in [7, 11) is 3.14. The van der Waals surface area contributed by atoms with Crippen LogP contribution in [0.3, 0.4) is 0 Å². The van der Waals surface area contributed by atoms with Gasteiger partial charge >= 0.3 is 0 Å². The van der Waals surface area contributed by atoms with E-state index in [-0.39, 0.29) is 5.91 Å². The first-order valence-electron chi connectivity index (χ1n) is 5.93. The molecule has 1 aromatic rings. The predicted molar refractivity (Wildman–Crippen MR) is 71.1 cm³/mol. The zero-order valence-corrected chi connectivity index (χ0v) is 10.9. The van der Waals surface area contributed by atoms with E-state index in [1.165, 1.54) is 0 Å². The molecule has 5 nitrogen and oxygen atoms in total. The van der Waals surface area contributed by atoms with Gasteiger partial charge in [-0.15, -0.1) is 0 Å². The summed E-state index contributed by atoms with van der Waals surface area (Å²) in [5, 5.41) is 2.81. The molecule has 0 aliphatic carbocycles. The number of rotatable bonds is 7.